The molecule has 0 atom stereocenters. The van der Waals surface area contributed by atoms with Crippen molar-refractivity contribution in [2.45, 2.75) is 6.54 Å². The van der Waals surface area contributed by atoms with Crippen LogP contribution in [-0.4, -0.2) is 40.3 Å². The summed E-state index contributed by atoms with van der Waals surface area (Å²) in [6.07, 6.45) is 6.15. The normalized spacial score (nSPS) is 11.1. The Balaban J connectivity index is 1.55. The van der Waals surface area contributed by atoms with Gasteiger partial charge in [0.1, 0.15) is 24.2 Å². The first kappa shape index (κ1) is 13.1. The van der Waals surface area contributed by atoms with E-state index in [1.165, 1.54) is 23.4 Å². The Bertz CT molecular complexity index is 1020. The highest BCUT2D eigenvalue weighted by molar-refractivity contribution is 5.91. The van der Waals surface area contributed by atoms with Crippen LogP contribution in [0.3, 0.4) is 0 Å². The molecule has 0 aliphatic rings. The molecule has 0 aromatic carbocycles. The van der Waals surface area contributed by atoms with Crippen molar-refractivity contribution in [3.05, 3.63) is 37.1 Å². The van der Waals surface area contributed by atoms with Gasteiger partial charge >= 0.3 is 0 Å². The molecular formula is C13H11N9O. The van der Waals surface area contributed by atoms with Crippen LogP contribution in [0, 0.1) is 0 Å². The van der Waals surface area contributed by atoms with Crippen molar-refractivity contribution in [2.75, 3.05) is 11.1 Å². The summed E-state index contributed by atoms with van der Waals surface area (Å²) in [6, 6.07) is 3.46. The molecule has 10 nitrogen and oxygen atoms in total. The summed E-state index contributed by atoms with van der Waals surface area (Å²) in [5.74, 6) is 0.0278. The summed E-state index contributed by atoms with van der Waals surface area (Å²) in [7, 11) is 0. The SMILES string of the molecule is Nc1cnc2cnn(CC(=O)Nc3ccn4ncnc4c3)c2n1. The summed E-state index contributed by atoms with van der Waals surface area (Å²) < 4.78 is 3.05. The van der Waals surface area contributed by atoms with Crippen LogP contribution in [0.2, 0.25) is 0 Å². The first-order valence-electron chi connectivity index (χ1n) is 6.72. The summed E-state index contributed by atoms with van der Waals surface area (Å²) in [6.45, 7) is -0.000492. The Hall–Kier alpha value is -3.56. The second-order valence-corrected chi connectivity index (χ2v) is 4.83. The molecule has 0 fully saturated rings. The standard InChI is InChI=1S/C13H11N9O/c14-10-5-15-9-4-17-22(13(9)20-10)6-12(23)19-8-1-2-21-11(3-8)16-7-18-21/h1-5,7H,6H2,(H2,14,20)(H,19,23). The highest BCUT2D eigenvalue weighted by atomic mass is 16.2. The largest absolute Gasteiger partial charge is 0.382 e. The zero-order valence-electron chi connectivity index (χ0n) is 11.8. The number of fused-ring (bicyclic) bond motifs is 2. The molecule has 4 rings (SSSR count). The van der Waals surface area contributed by atoms with Gasteiger partial charge in [-0.25, -0.2) is 24.1 Å². The number of nitrogens with one attached hydrogen (secondary N) is 1. The van der Waals surface area contributed by atoms with Gasteiger partial charge in [0.25, 0.3) is 0 Å². The van der Waals surface area contributed by atoms with Crippen LogP contribution in [0.15, 0.2) is 37.1 Å². The number of amides is 1. The number of hydrogen-bond donors (Lipinski definition) is 2. The van der Waals surface area contributed by atoms with E-state index in [9.17, 15) is 4.79 Å². The van der Waals surface area contributed by atoms with E-state index in [0.717, 1.165) is 0 Å². The lowest BCUT2D eigenvalue weighted by Gasteiger charge is -2.06. The molecule has 0 aliphatic heterocycles. The fraction of sp³-hybridized carbons (Fsp3) is 0.0769. The molecule has 4 aromatic rings. The summed E-state index contributed by atoms with van der Waals surface area (Å²) in [5, 5.41) is 10.9. The van der Waals surface area contributed by atoms with Crippen LogP contribution in [0.4, 0.5) is 11.5 Å². The number of hydrogen-bond acceptors (Lipinski definition) is 7. The van der Waals surface area contributed by atoms with Gasteiger partial charge in [-0.2, -0.15) is 10.2 Å². The van der Waals surface area contributed by atoms with E-state index >= 15 is 0 Å². The first-order valence-corrected chi connectivity index (χ1v) is 6.72. The van der Waals surface area contributed by atoms with Crippen molar-refractivity contribution in [1.29, 1.82) is 0 Å². The monoisotopic (exact) mass is 309 g/mol. The average molecular weight is 309 g/mol. The van der Waals surface area contributed by atoms with E-state index in [1.807, 2.05) is 0 Å². The van der Waals surface area contributed by atoms with E-state index in [1.54, 1.807) is 22.8 Å². The number of nitrogen functional groups attached to an aromatic ring is 1. The van der Waals surface area contributed by atoms with Crippen LogP contribution in [0.5, 0.6) is 0 Å². The Morgan fingerprint density at radius 1 is 1.26 bits per heavy atom. The number of carbonyl (C=O) groups is 1. The van der Waals surface area contributed by atoms with Gasteiger partial charge in [0.05, 0.1) is 12.4 Å². The van der Waals surface area contributed by atoms with Gasteiger partial charge in [0.15, 0.2) is 11.3 Å². The van der Waals surface area contributed by atoms with Crippen LogP contribution in [0.1, 0.15) is 0 Å². The molecule has 4 aromatic heterocycles. The molecular weight excluding hydrogens is 298 g/mol. The van der Waals surface area contributed by atoms with E-state index in [0.29, 0.717) is 22.5 Å². The molecule has 0 saturated carbocycles. The zero-order chi connectivity index (χ0) is 15.8. The third kappa shape index (κ3) is 2.41. The number of pyridine rings is 1. The van der Waals surface area contributed by atoms with Gasteiger partial charge in [0, 0.05) is 18.0 Å². The number of nitrogens with two attached hydrogens (primary N) is 1. The maximum absolute atomic E-state index is 12.2. The zero-order valence-corrected chi connectivity index (χ0v) is 11.8. The molecule has 1 amide bonds. The molecule has 0 unspecified atom stereocenters. The quantitative estimate of drug-likeness (QED) is 0.548. The third-order valence-corrected chi connectivity index (χ3v) is 3.22. The molecule has 10 heteroatoms. The maximum Gasteiger partial charge on any atom is 0.246 e. The number of anilines is 2. The minimum Gasteiger partial charge on any atom is -0.382 e. The van der Waals surface area contributed by atoms with E-state index in [-0.39, 0.29) is 18.3 Å². The summed E-state index contributed by atoms with van der Waals surface area (Å²) >= 11 is 0. The number of nitrogens with zero attached hydrogens (tertiary/aromatic N) is 7. The number of rotatable bonds is 3. The van der Waals surface area contributed by atoms with Crippen molar-refractivity contribution < 1.29 is 4.79 Å². The van der Waals surface area contributed by atoms with Gasteiger partial charge in [-0.05, 0) is 6.07 Å². The van der Waals surface area contributed by atoms with Gasteiger partial charge in [-0.3, -0.25) is 4.79 Å². The number of aromatic nitrogens is 7. The Morgan fingerprint density at radius 2 is 2.17 bits per heavy atom. The van der Waals surface area contributed by atoms with Gasteiger partial charge < -0.3 is 11.1 Å². The van der Waals surface area contributed by atoms with Crippen LogP contribution < -0.4 is 11.1 Å². The lowest BCUT2D eigenvalue weighted by molar-refractivity contribution is -0.116. The fourth-order valence-corrected chi connectivity index (χ4v) is 2.21. The highest BCUT2D eigenvalue weighted by Crippen LogP contribution is 2.12. The molecule has 3 N–H and O–H groups in total. The number of carbonyl (C=O) groups excluding carboxylic acids is 1. The van der Waals surface area contributed by atoms with E-state index < -0.39 is 0 Å². The molecule has 23 heavy (non-hydrogen) atoms. The van der Waals surface area contributed by atoms with Crippen LogP contribution >= 0.6 is 0 Å². The molecule has 0 saturated heterocycles. The molecule has 4 heterocycles. The topological polar surface area (TPSA) is 129 Å². The Kier molecular flexibility index (Phi) is 2.86. The van der Waals surface area contributed by atoms with Crippen molar-refractivity contribution in [3.63, 3.8) is 0 Å². The van der Waals surface area contributed by atoms with Crippen LogP contribution in [-0.2, 0) is 11.3 Å². The predicted molar refractivity (Wildman–Crippen MR) is 81.4 cm³/mol. The smallest absolute Gasteiger partial charge is 0.246 e. The maximum atomic E-state index is 12.2. The lowest BCUT2D eigenvalue weighted by Crippen LogP contribution is -2.20. The second kappa shape index (κ2) is 5.02. The molecule has 0 spiro atoms. The van der Waals surface area contributed by atoms with Gasteiger partial charge in [-0.1, -0.05) is 0 Å². The van der Waals surface area contributed by atoms with Gasteiger partial charge in [-0.15, -0.1) is 0 Å². The average Bonchev–Trinajstić information content (AvgIpc) is 3.14. The Labute approximate surface area is 129 Å². The molecule has 0 bridgehead atoms. The van der Waals surface area contributed by atoms with Crippen LogP contribution in [0.25, 0.3) is 16.8 Å². The molecule has 114 valence electrons. The van der Waals surface area contributed by atoms with Crippen molar-refractivity contribution in [1.82, 2.24) is 34.3 Å². The lowest BCUT2D eigenvalue weighted by atomic mass is 10.4. The first-order chi connectivity index (χ1) is 11.2. The summed E-state index contributed by atoms with van der Waals surface area (Å²) in [4.78, 5) is 24.5. The fourth-order valence-electron chi connectivity index (χ4n) is 2.21. The third-order valence-electron chi connectivity index (χ3n) is 3.22. The predicted octanol–water partition coefficient (Wildman–Crippen LogP) is 0.0899. The summed E-state index contributed by atoms with van der Waals surface area (Å²) in [5.41, 5.74) is 7.93. The van der Waals surface area contributed by atoms with E-state index in [4.69, 9.17) is 5.73 Å². The highest BCUT2D eigenvalue weighted by Gasteiger charge is 2.10. The van der Waals surface area contributed by atoms with Crippen molar-refractivity contribution in [2.24, 2.45) is 0 Å². The molecule has 0 radical (unpaired) electrons. The Morgan fingerprint density at radius 3 is 3.09 bits per heavy atom. The van der Waals surface area contributed by atoms with Gasteiger partial charge in [0.2, 0.25) is 5.91 Å². The minimum atomic E-state index is -0.247. The molecule has 0 aliphatic carbocycles. The minimum absolute atomic E-state index is 0.000492. The van der Waals surface area contributed by atoms with Crippen molar-refractivity contribution in [3.8, 4) is 0 Å². The van der Waals surface area contributed by atoms with E-state index in [2.05, 4.69) is 30.5 Å². The van der Waals surface area contributed by atoms with Crippen molar-refractivity contribution >= 4 is 34.2 Å². The second-order valence-electron chi connectivity index (χ2n) is 4.83.